The van der Waals surface area contributed by atoms with Crippen molar-refractivity contribution in [2.45, 2.75) is 39.0 Å². The number of nitrogens with one attached hydrogen (secondary N) is 1. The van der Waals surface area contributed by atoms with Gasteiger partial charge in [0.05, 0.1) is 13.2 Å². The van der Waals surface area contributed by atoms with E-state index >= 15 is 0 Å². The molecular formula is C21H24N2O6. The third kappa shape index (κ3) is 3.04. The Morgan fingerprint density at radius 2 is 1.69 bits per heavy atom. The van der Waals surface area contributed by atoms with Crippen molar-refractivity contribution >= 4 is 23.5 Å². The summed E-state index contributed by atoms with van der Waals surface area (Å²) in [5, 5.41) is 2.76. The number of benzene rings is 1. The SMILES string of the molecule is CCCC1=C(C(=O)OCC)[C@@]2(C(=O)Nc3ccccc32)C(C(=O)OCC)=C(N)O1. The highest BCUT2D eigenvalue weighted by atomic mass is 16.5. The highest BCUT2D eigenvalue weighted by Gasteiger charge is 2.62. The van der Waals surface area contributed by atoms with Gasteiger partial charge in [-0.1, -0.05) is 25.1 Å². The fourth-order valence-electron chi connectivity index (χ4n) is 3.84. The number of allylic oxidation sites excluding steroid dienone is 1. The molecule has 2 heterocycles. The Kier molecular flexibility index (Phi) is 5.63. The van der Waals surface area contributed by atoms with Crippen LogP contribution in [0.2, 0.25) is 0 Å². The quantitative estimate of drug-likeness (QED) is 0.703. The van der Waals surface area contributed by atoms with E-state index in [1.165, 1.54) is 0 Å². The van der Waals surface area contributed by atoms with E-state index in [9.17, 15) is 14.4 Å². The zero-order chi connectivity index (χ0) is 21.2. The maximum absolute atomic E-state index is 13.4. The van der Waals surface area contributed by atoms with E-state index in [4.69, 9.17) is 19.9 Å². The minimum atomic E-state index is -1.80. The number of para-hydroxylation sites is 1. The summed E-state index contributed by atoms with van der Waals surface area (Å²) in [6, 6.07) is 6.83. The largest absolute Gasteiger partial charge is 0.462 e. The number of nitrogens with two attached hydrogens (primary N) is 1. The van der Waals surface area contributed by atoms with E-state index in [0.717, 1.165) is 0 Å². The average Bonchev–Trinajstić information content (AvgIpc) is 2.95. The summed E-state index contributed by atoms with van der Waals surface area (Å²) < 4.78 is 16.1. The average molecular weight is 400 g/mol. The van der Waals surface area contributed by atoms with Crippen molar-refractivity contribution in [2.24, 2.45) is 5.73 Å². The number of amides is 1. The van der Waals surface area contributed by atoms with E-state index in [-0.39, 0.29) is 36.0 Å². The summed E-state index contributed by atoms with van der Waals surface area (Å²) in [6.45, 7) is 5.35. The summed E-state index contributed by atoms with van der Waals surface area (Å²) in [5.41, 5.74) is 4.97. The van der Waals surface area contributed by atoms with Crippen LogP contribution in [0, 0.1) is 0 Å². The second-order valence-corrected chi connectivity index (χ2v) is 6.58. The van der Waals surface area contributed by atoms with E-state index in [1.807, 2.05) is 6.92 Å². The smallest absolute Gasteiger partial charge is 0.341 e. The lowest BCUT2D eigenvalue weighted by Crippen LogP contribution is -2.48. The molecule has 0 fully saturated rings. The number of hydrogen-bond donors (Lipinski definition) is 2. The number of ether oxygens (including phenoxy) is 3. The van der Waals surface area contributed by atoms with E-state index in [0.29, 0.717) is 24.1 Å². The third-order valence-electron chi connectivity index (χ3n) is 4.86. The molecule has 2 aliphatic heterocycles. The monoisotopic (exact) mass is 400 g/mol. The molecule has 1 atom stereocenters. The van der Waals surface area contributed by atoms with E-state index < -0.39 is 23.3 Å². The molecule has 8 heteroatoms. The van der Waals surface area contributed by atoms with Crippen LogP contribution in [0.15, 0.2) is 47.1 Å². The molecule has 0 aliphatic carbocycles. The van der Waals surface area contributed by atoms with Gasteiger partial charge in [-0.25, -0.2) is 9.59 Å². The first kappa shape index (κ1) is 20.4. The Balaban J connectivity index is 2.39. The Hall–Kier alpha value is -3.29. The first-order valence-corrected chi connectivity index (χ1v) is 9.60. The number of rotatable bonds is 6. The van der Waals surface area contributed by atoms with Gasteiger partial charge in [0.25, 0.3) is 0 Å². The van der Waals surface area contributed by atoms with Crippen LogP contribution in [-0.4, -0.2) is 31.1 Å². The maximum atomic E-state index is 13.4. The van der Waals surface area contributed by atoms with Gasteiger partial charge in [-0.05, 0) is 26.3 Å². The molecule has 1 spiro atoms. The Morgan fingerprint density at radius 3 is 2.31 bits per heavy atom. The predicted molar refractivity (Wildman–Crippen MR) is 104 cm³/mol. The summed E-state index contributed by atoms with van der Waals surface area (Å²) in [5.74, 6) is -2.19. The first-order valence-electron chi connectivity index (χ1n) is 9.60. The molecule has 3 rings (SSSR count). The van der Waals surface area contributed by atoms with Gasteiger partial charge in [-0.3, -0.25) is 4.79 Å². The fourth-order valence-corrected chi connectivity index (χ4v) is 3.84. The molecule has 8 nitrogen and oxygen atoms in total. The lowest BCUT2D eigenvalue weighted by Gasteiger charge is -2.36. The Labute approximate surface area is 168 Å². The standard InChI is InChI=1S/C21H24N2O6/c1-4-9-14-15(18(24)27-5-2)21(16(17(22)29-14)19(25)28-6-3)12-10-7-8-11-13(12)23-20(21)26/h7-8,10-11H,4-6,9,22H2,1-3H3,(H,23,26)/t21-/m1/s1. The normalized spacial score (nSPS) is 20.3. The molecule has 0 aromatic heterocycles. The molecule has 1 aromatic carbocycles. The van der Waals surface area contributed by atoms with Gasteiger partial charge in [0.1, 0.15) is 22.3 Å². The van der Waals surface area contributed by atoms with Crippen molar-refractivity contribution in [1.82, 2.24) is 0 Å². The topological polar surface area (TPSA) is 117 Å². The molecule has 0 saturated heterocycles. The van der Waals surface area contributed by atoms with Crippen molar-refractivity contribution in [3.05, 3.63) is 52.6 Å². The third-order valence-corrected chi connectivity index (χ3v) is 4.86. The summed E-state index contributed by atoms with van der Waals surface area (Å²) in [4.78, 5) is 39.4. The minimum absolute atomic E-state index is 0.0408. The Bertz CT molecular complexity index is 933. The molecule has 0 saturated carbocycles. The number of fused-ring (bicyclic) bond motifs is 2. The molecule has 0 unspecified atom stereocenters. The second kappa shape index (κ2) is 7.98. The molecule has 29 heavy (non-hydrogen) atoms. The van der Waals surface area contributed by atoms with Gasteiger partial charge in [-0.2, -0.15) is 0 Å². The van der Waals surface area contributed by atoms with Crippen LogP contribution in [0.25, 0.3) is 0 Å². The summed E-state index contributed by atoms with van der Waals surface area (Å²) in [6.07, 6.45) is 0.960. The van der Waals surface area contributed by atoms with Gasteiger partial charge < -0.3 is 25.3 Å². The fraction of sp³-hybridized carbons (Fsp3) is 0.381. The van der Waals surface area contributed by atoms with Crippen molar-refractivity contribution in [3.63, 3.8) is 0 Å². The molecule has 1 amide bonds. The van der Waals surface area contributed by atoms with E-state index in [1.54, 1.807) is 38.1 Å². The highest BCUT2D eigenvalue weighted by molar-refractivity contribution is 6.21. The number of anilines is 1. The molecule has 1 aromatic rings. The summed E-state index contributed by atoms with van der Waals surface area (Å²) in [7, 11) is 0. The zero-order valence-corrected chi connectivity index (χ0v) is 16.7. The molecule has 2 aliphatic rings. The summed E-state index contributed by atoms with van der Waals surface area (Å²) >= 11 is 0. The van der Waals surface area contributed by atoms with Gasteiger partial charge in [0.15, 0.2) is 0 Å². The van der Waals surface area contributed by atoms with E-state index in [2.05, 4.69) is 5.32 Å². The van der Waals surface area contributed by atoms with Gasteiger partial charge in [0.2, 0.25) is 11.8 Å². The minimum Gasteiger partial charge on any atom is -0.462 e. The number of hydrogen-bond acceptors (Lipinski definition) is 7. The number of esters is 2. The van der Waals surface area contributed by atoms with Crippen LogP contribution in [0.1, 0.15) is 39.2 Å². The van der Waals surface area contributed by atoms with Crippen LogP contribution < -0.4 is 11.1 Å². The molecule has 0 radical (unpaired) electrons. The zero-order valence-electron chi connectivity index (χ0n) is 16.7. The first-order chi connectivity index (χ1) is 13.9. The molecule has 0 bridgehead atoms. The van der Waals surface area contributed by atoms with Crippen LogP contribution in [0.3, 0.4) is 0 Å². The maximum Gasteiger partial charge on any atom is 0.341 e. The number of carbonyl (C=O) groups excluding carboxylic acids is 3. The Morgan fingerprint density at radius 1 is 1.07 bits per heavy atom. The van der Waals surface area contributed by atoms with Crippen LogP contribution in [0.5, 0.6) is 0 Å². The second-order valence-electron chi connectivity index (χ2n) is 6.58. The van der Waals surface area contributed by atoms with Crippen molar-refractivity contribution in [2.75, 3.05) is 18.5 Å². The van der Waals surface area contributed by atoms with Crippen molar-refractivity contribution < 1.29 is 28.6 Å². The van der Waals surface area contributed by atoms with Crippen LogP contribution in [0.4, 0.5) is 5.69 Å². The van der Waals surface area contributed by atoms with Crippen molar-refractivity contribution in [3.8, 4) is 0 Å². The van der Waals surface area contributed by atoms with Gasteiger partial charge in [-0.15, -0.1) is 0 Å². The van der Waals surface area contributed by atoms with Crippen LogP contribution in [-0.2, 0) is 34.0 Å². The number of carbonyl (C=O) groups is 3. The molecular weight excluding hydrogens is 376 g/mol. The molecule has 154 valence electrons. The lowest BCUT2D eigenvalue weighted by molar-refractivity contribution is -0.143. The van der Waals surface area contributed by atoms with Gasteiger partial charge in [0, 0.05) is 17.7 Å². The molecule has 3 N–H and O–H groups in total. The predicted octanol–water partition coefficient (Wildman–Crippen LogP) is 2.26. The van der Waals surface area contributed by atoms with Crippen molar-refractivity contribution in [1.29, 1.82) is 0 Å². The van der Waals surface area contributed by atoms with Crippen LogP contribution >= 0.6 is 0 Å². The highest BCUT2D eigenvalue weighted by Crippen LogP contribution is 2.52. The lowest BCUT2D eigenvalue weighted by atomic mass is 9.67. The van der Waals surface area contributed by atoms with Gasteiger partial charge >= 0.3 is 11.9 Å².